The van der Waals surface area contributed by atoms with E-state index in [0.717, 1.165) is 18.0 Å². The largest absolute Gasteiger partial charge is 0.494 e. The molecular weight excluding hydrogens is 304 g/mol. The number of hydrogen-bond donors (Lipinski definition) is 1. The average molecular weight is 328 g/mol. The lowest BCUT2D eigenvalue weighted by atomic mass is 10.1. The number of nitrogens with zero attached hydrogens (tertiary/aromatic N) is 1. The SMILES string of the molecule is CCOc1ccc(CN(C)C(=S)Nc2cc(C)ccc2C)cc1. The molecule has 0 saturated heterocycles. The molecule has 3 nitrogen and oxygen atoms in total. The lowest BCUT2D eigenvalue weighted by molar-refractivity contribution is 0.340. The smallest absolute Gasteiger partial charge is 0.173 e. The third-order valence-corrected chi connectivity index (χ3v) is 4.05. The van der Waals surface area contributed by atoms with Crippen LogP contribution < -0.4 is 10.1 Å². The van der Waals surface area contributed by atoms with Crippen LogP contribution >= 0.6 is 12.2 Å². The standard InChI is InChI=1S/C19H24N2OS/c1-5-22-17-10-8-16(9-11-17)13-21(4)19(23)20-18-12-14(2)6-7-15(18)3/h6-12H,5,13H2,1-4H3,(H,20,23). The minimum atomic E-state index is 0.684. The number of anilines is 1. The van der Waals surface area contributed by atoms with Crippen molar-refractivity contribution in [2.75, 3.05) is 19.0 Å². The van der Waals surface area contributed by atoms with E-state index in [4.69, 9.17) is 17.0 Å². The molecule has 0 spiro atoms. The quantitative estimate of drug-likeness (QED) is 0.815. The van der Waals surface area contributed by atoms with Gasteiger partial charge in [-0.2, -0.15) is 0 Å². The highest BCUT2D eigenvalue weighted by molar-refractivity contribution is 7.80. The van der Waals surface area contributed by atoms with Gasteiger partial charge in [0.25, 0.3) is 0 Å². The van der Waals surface area contributed by atoms with Crippen molar-refractivity contribution in [3.8, 4) is 5.75 Å². The highest BCUT2D eigenvalue weighted by Crippen LogP contribution is 2.18. The number of benzene rings is 2. The van der Waals surface area contributed by atoms with Crippen molar-refractivity contribution in [1.82, 2.24) is 4.90 Å². The van der Waals surface area contributed by atoms with E-state index >= 15 is 0 Å². The molecular formula is C19H24N2OS. The topological polar surface area (TPSA) is 24.5 Å². The normalized spacial score (nSPS) is 10.3. The average Bonchev–Trinajstić information content (AvgIpc) is 2.53. The van der Waals surface area contributed by atoms with E-state index in [2.05, 4.69) is 49.5 Å². The molecule has 122 valence electrons. The highest BCUT2D eigenvalue weighted by Gasteiger charge is 2.07. The number of thiocarbonyl (C=S) groups is 1. The van der Waals surface area contributed by atoms with Crippen LogP contribution in [0.15, 0.2) is 42.5 Å². The summed E-state index contributed by atoms with van der Waals surface area (Å²) in [6, 6.07) is 14.5. The first-order valence-electron chi connectivity index (χ1n) is 7.80. The first-order valence-corrected chi connectivity index (χ1v) is 8.21. The molecule has 0 aliphatic heterocycles. The van der Waals surface area contributed by atoms with E-state index in [0.29, 0.717) is 11.7 Å². The van der Waals surface area contributed by atoms with E-state index in [1.165, 1.54) is 16.7 Å². The molecule has 0 heterocycles. The van der Waals surface area contributed by atoms with Gasteiger partial charge in [-0.15, -0.1) is 0 Å². The molecule has 0 atom stereocenters. The van der Waals surface area contributed by atoms with Gasteiger partial charge in [0.2, 0.25) is 0 Å². The molecule has 0 aliphatic carbocycles. The van der Waals surface area contributed by atoms with Crippen molar-refractivity contribution in [2.45, 2.75) is 27.3 Å². The molecule has 0 radical (unpaired) electrons. The Hall–Kier alpha value is -2.07. The maximum Gasteiger partial charge on any atom is 0.173 e. The van der Waals surface area contributed by atoms with Crippen molar-refractivity contribution in [3.05, 3.63) is 59.2 Å². The zero-order valence-corrected chi connectivity index (χ0v) is 15.0. The monoisotopic (exact) mass is 328 g/mol. The summed E-state index contributed by atoms with van der Waals surface area (Å²) in [6.07, 6.45) is 0. The molecule has 23 heavy (non-hydrogen) atoms. The van der Waals surface area contributed by atoms with Crippen LogP contribution in [0.2, 0.25) is 0 Å². The third kappa shape index (κ3) is 4.96. The second kappa shape index (κ2) is 7.97. The van der Waals surface area contributed by atoms with Crippen molar-refractivity contribution in [3.63, 3.8) is 0 Å². The Bertz CT molecular complexity index is 668. The number of nitrogens with one attached hydrogen (secondary N) is 1. The number of aryl methyl sites for hydroxylation is 2. The number of ether oxygens (including phenoxy) is 1. The molecule has 0 saturated carbocycles. The van der Waals surface area contributed by atoms with Crippen LogP contribution in [0.5, 0.6) is 5.75 Å². The first kappa shape index (κ1) is 17.3. The van der Waals surface area contributed by atoms with Crippen molar-refractivity contribution < 1.29 is 4.74 Å². The van der Waals surface area contributed by atoms with E-state index in [1.54, 1.807) is 0 Å². The summed E-state index contributed by atoms with van der Waals surface area (Å²) in [6.45, 7) is 7.58. The molecule has 0 fully saturated rings. The Morgan fingerprint density at radius 1 is 1.13 bits per heavy atom. The van der Waals surface area contributed by atoms with Crippen LogP contribution in [-0.2, 0) is 6.54 Å². The predicted octanol–water partition coefficient (Wildman–Crippen LogP) is 4.53. The van der Waals surface area contributed by atoms with Gasteiger partial charge in [0.15, 0.2) is 5.11 Å². The van der Waals surface area contributed by atoms with E-state index in [1.807, 2.05) is 31.0 Å². The van der Waals surface area contributed by atoms with Crippen LogP contribution in [0, 0.1) is 13.8 Å². The number of rotatable bonds is 5. The summed E-state index contributed by atoms with van der Waals surface area (Å²) in [7, 11) is 2.00. The maximum absolute atomic E-state index is 5.52. The van der Waals surface area contributed by atoms with Crippen LogP contribution in [-0.4, -0.2) is 23.7 Å². The van der Waals surface area contributed by atoms with Gasteiger partial charge in [-0.25, -0.2) is 0 Å². The van der Waals surface area contributed by atoms with Crippen LogP contribution in [0.25, 0.3) is 0 Å². The fourth-order valence-corrected chi connectivity index (χ4v) is 2.46. The van der Waals surface area contributed by atoms with Gasteiger partial charge in [0.05, 0.1) is 6.61 Å². The lowest BCUT2D eigenvalue weighted by Crippen LogP contribution is -2.30. The zero-order chi connectivity index (χ0) is 16.8. The summed E-state index contributed by atoms with van der Waals surface area (Å²) >= 11 is 5.52. The molecule has 1 N–H and O–H groups in total. The zero-order valence-electron chi connectivity index (χ0n) is 14.2. The van der Waals surface area contributed by atoms with E-state index < -0.39 is 0 Å². The second-order valence-electron chi connectivity index (χ2n) is 5.68. The summed E-state index contributed by atoms with van der Waals surface area (Å²) in [5.74, 6) is 0.898. The fourth-order valence-electron chi connectivity index (χ4n) is 2.28. The van der Waals surface area contributed by atoms with Gasteiger partial charge in [0, 0.05) is 19.3 Å². The Morgan fingerprint density at radius 3 is 2.48 bits per heavy atom. The van der Waals surface area contributed by atoms with Crippen molar-refractivity contribution >= 4 is 23.0 Å². The molecule has 2 rings (SSSR count). The Morgan fingerprint density at radius 2 is 1.83 bits per heavy atom. The molecule has 0 aromatic heterocycles. The lowest BCUT2D eigenvalue weighted by Gasteiger charge is -2.22. The second-order valence-corrected chi connectivity index (χ2v) is 6.07. The summed E-state index contributed by atoms with van der Waals surface area (Å²) in [4.78, 5) is 2.03. The van der Waals surface area contributed by atoms with E-state index in [-0.39, 0.29) is 0 Å². The van der Waals surface area contributed by atoms with Gasteiger partial charge in [0.1, 0.15) is 5.75 Å². The summed E-state index contributed by atoms with van der Waals surface area (Å²) in [5, 5.41) is 4.05. The van der Waals surface area contributed by atoms with E-state index in [9.17, 15) is 0 Å². The molecule has 0 unspecified atom stereocenters. The van der Waals surface area contributed by atoms with Gasteiger partial charge in [-0.1, -0.05) is 24.3 Å². The molecule has 2 aromatic carbocycles. The van der Waals surface area contributed by atoms with Gasteiger partial charge >= 0.3 is 0 Å². The maximum atomic E-state index is 5.52. The van der Waals surface area contributed by atoms with Crippen molar-refractivity contribution in [1.29, 1.82) is 0 Å². The number of hydrogen-bond acceptors (Lipinski definition) is 2. The Labute approximate surface area is 144 Å². The fraction of sp³-hybridized carbons (Fsp3) is 0.316. The molecule has 2 aromatic rings. The minimum Gasteiger partial charge on any atom is -0.494 e. The molecule has 4 heteroatoms. The van der Waals surface area contributed by atoms with Crippen LogP contribution in [0.4, 0.5) is 5.69 Å². The van der Waals surface area contributed by atoms with Crippen molar-refractivity contribution in [2.24, 2.45) is 0 Å². The predicted molar refractivity (Wildman–Crippen MR) is 101 cm³/mol. The Balaban J connectivity index is 1.98. The van der Waals surface area contributed by atoms with Gasteiger partial charge in [-0.05, 0) is 67.9 Å². The van der Waals surface area contributed by atoms with Crippen LogP contribution in [0.3, 0.4) is 0 Å². The first-order chi connectivity index (χ1) is 11.0. The third-order valence-electron chi connectivity index (χ3n) is 3.64. The van der Waals surface area contributed by atoms with Gasteiger partial charge < -0.3 is 15.0 Å². The van der Waals surface area contributed by atoms with Gasteiger partial charge in [-0.3, -0.25) is 0 Å². The molecule has 0 aliphatic rings. The summed E-state index contributed by atoms with van der Waals surface area (Å²) in [5.41, 5.74) is 4.66. The van der Waals surface area contributed by atoms with Crippen LogP contribution in [0.1, 0.15) is 23.6 Å². The molecule has 0 amide bonds. The summed E-state index contributed by atoms with van der Waals surface area (Å²) < 4.78 is 5.46. The highest BCUT2D eigenvalue weighted by atomic mass is 32.1. The minimum absolute atomic E-state index is 0.684. The molecule has 0 bridgehead atoms. The Kier molecular flexibility index (Phi) is 5.99.